The number of sulfonamides is 1. The lowest BCUT2D eigenvalue weighted by molar-refractivity contribution is -0.146. The van der Waals surface area contributed by atoms with Gasteiger partial charge in [0.2, 0.25) is 10.0 Å². The summed E-state index contributed by atoms with van der Waals surface area (Å²) in [6.07, 6.45) is 2.04. The molecule has 1 fully saturated rings. The largest absolute Gasteiger partial charge is 0.468 e. The number of hydrogen-bond acceptors (Lipinski definition) is 6. The minimum absolute atomic E-state index is 0.323. The predicted octanol–water partition coefficient (Wildman–Crippen LogP) is 2.73. The number of nitrogens with zero attached hydrogens (tertiary/aromatic N) is 1. The molecule has 29 heavy (non-hydrogen) atoms. The van der Waals surface area contributed by atoms with Crippen molar-refractivity contribution in [3.63, 3.8) is 0 Å². The summed E-state index contributed by atoms with van der Waals surface area (Å²) in [6, 6.07) is 3.48. The molecule has 3 rings (SSSR count). The van der Waals surface area contributed by atoms with Crippen molar-refractivity contribution in [2.75, 3.05) is 20.2 Å². The third-order valence-electron chi connectivity index (χ3n) is 5.82. The smallest absolute Gasteiger partial charge is 0.321 e. The van der Waals surface area contributed by atoms with E-state index in [1.165, 1.54) is 11.4 Å². The van der Waals surface area contributed by atoms with Crippen LogP contribution in [0.3, 0.4) is 0 Å². The van der Waals surface area contributed by atoms with Crippen molar-refractivity contribution in [2.24, 2.45) is 0 Å². The highest BCUT2D eigenvalue weighted by atomic mass is 32.2. The second-order valence-corrected chi connectivity index (χ2v) is 10.4. The predicted molar refractivity (Wildman–Crippen MR) is 109 cm³/mol. The van der Waals surface area contributed by atoms with Crippen LogP contribution in [-0.4, -0.2) is 44.9 Å². The summed E-state index contributed by atoms with van der Waals surface area (Å²) in [5.74, 6) is -0.539. The number of hydrogen-bond donors (Lipinski definition) is 0. The first-order chi connectivity index (χ1) is 13.4. The van der Waals surface area contributed by atoms with Crippen LogP contribution >= 0.6 is 0 Å². The van der Waals surface area contributed by atoms with E-state index in [4.69, 9.17) is 9.47 Å². The Hall–Kier alpha value is -2.19. The Morgan fingerprint density at radius 2 is 2.00 bits per heavy atom. The minimum Gasteiger partial charge on any atom is -0.468 e. The molecule has 0 spiro atoms. The Labute approximate surface area is 171 Å². The number of benzene rings is 1. The van der Waals surface area contributed by atoms with E-state index in [9.17, 15) is 18.0 Å². The topological polar surface area (TPSA) is 90.0 Å². The van der Waals surface area contributed by atoms with E-state index < -0.39 is 32.8 Å². The van der Waals surface area contributed by atoms with E-state index in [0.29, 0.717) is 46.9 Å². The summed E-state index contributed by atoms with van der Waals surface area (Å²) in [5.41, 5.74) is -0.257. The molecule has 2 heterocycles. The fourth-order valence-corrected chi connectivity index (χ4v) is 5.42. The molecule has 0 aromatic heterocycles. The van der Waals surface area contributed by atoms with Gasteiger partial charge in [-0.15, -0.1) is 0 Å². The number of carbonyl (C=O) groups is 2. The van der Waals surface area contributed by atoms with E-state index in [1.54, 1.807) is 52.8 Å². The van der Waals surface area contributed by atoms with Gasteiger partial charge in [0.25, 0.3) is 0 Å². The average Bonchev–Trinajstić information content (AvgIpc) is 3.06. The first-order valence-electron chi connectivity index (χ1n) is 9.57. The van der Waals surface area contributed by atoms with Crippen LogP contribution in [-0.2, 0) is 35.2 Å². The van der Waals surface area contributed by atoms with Crippen LogP contribution in [0.4, 0.5) is 0 Å². The molecule has 2 aliphatic heterocycles. The summed E-state index contributed by atoms with van der Waals surface area (Å²) >= 11 is 0. The normalized spacial score (nSPS) is 21.9. The van der Waals surface area contributed by atoms with Gasteiger partial charge in [-0.25, -0.2) is 8.42 Å². The zero-order valence-electron chi connectivity index (χ0n) is 17.7. The lowest BCUT2D eigenvalue weighted by Gasteiger charge is -2.25. The fourth-order valence-electron chi connectivity index (χ4n) is 3.78. The first kappa shape index (κ1) is 21.5. The molecule has 8 heteroatoms. The molecule has 1 aromatic carbocycles. The molecule has 0 atom stereocenters. The van der Waals surface area contributed by atoms with Gasteiger partial charge in [-0.1, -0.05) is 6.92 Å². The number of carbonyl (C=O) groups excluding carboxylic acids is 2. The first-order valence-corrected chi connectivity index (χ1v) is 11.0. The number of methoxy groups -OCH3 is 1. The van der Waals surface area contributed by atoms with Crippen molar-refractivity contribution in [3.05, 3.63) is 33.7 Å². The second kappa shape index (κ2) is 6.95. The summed E-state index contributed by atoms with van der Waals surface area (Å²) in [7, 11) is -2.19. The van der Waals surface area contributed by atoms with Gasteiger partial charge in [0.05, 0.1) is 22.8 Å². The van der Waals surface area contributed by atoms with Crippen molar-refractivity contribution in [1.82, 2.24) is 4.31 Å². The SMILES string of the molecule is CCN1CC/C(=C\c2cc(C(C)(C)C(=O)OC)c3c(c2)C(C)(C)C(=O)O3)S1(=O)=O. The zero-order chi connectivity index (χ0) is 21.8. The van der Waals surface area contributed by atoms with Crippen LogP contribution < -0.4 is 4.74 Å². The summed E-state index contributed by atoms with van der Waals surface area (Å²) in [5, 5.41) is 0. The molecular formula is C21H27NO6S. The molecule has 0 aliphatic carbocycles. The number of rotatable bonds is 4. The summed E-state index contributed by atoms with van der Waals surface area (Å²) in [4.78, 5) is 25.2. The van der Waals surface area contributed by atoms with Crippen LogP contribution in [0.25, 0.3) is 6.08 Å². The standard InChI is InChI=1S/C21H27NO6S/c1-7-22-9-8-14(29(22,25)26)10-13-11-15(20(2,3)18(23)27-6)17-16(12-13)21(4,5)19(24)28-17/h10-12H,7-9H2,1-6H3/b14-10+. The highest BCUT2D eigenvalue weighted by molar-refractivity contribution is 7.93. The van der Waals surface area contributed by atoms with Crippen LogP contribution in [0.15, 0.2) is 17.0 Å². The lowest BCUT2D eigenvalue weighted by atomic mass is 9.78. The molecule has 0 radical (unpaired) electrons. The van der Waals surface area contributed by atoms with Crippen molar-refractivity contribution in [2.45, 2.75) is 51.9 Å². The highest BCUT2D eigenvalue weighted by Crippen LogP contribution is 2.47. The van der Waals surface area contributed by atoms with Gasteiger partial charge in [-0.2, -0.15) is 4.31 Å². The van der Waals surface area contributed by atoms with Crippen LogP contribution in [0.1, 0.15) is 57.7 Å². The molecule has 1 saturated heterocycles. The van der Waals surface area contributed by atoms with Crippen molar-refractivity contribution in [1.29, 1.82) is 0 Å². The number of fused-ring (bicyclic) bond motifs is 1. The second-order valence-electron chi connectivity index (χ2n) is 8.43. The van der Waals surface area contributed by atoms with Crippen molar-refractivity contribution in [3.8, 4) is 5.75 Å². The maximum Gasteiger partial charge on any atom is 0.321 e. The van der Waals surface area contributed by atoms with Crippen LogP contribution in [0, 0.1) is 0 Å². The number of ether oxygens (including phenoxy) is 2. The maximum atomic E-state index is 12.7. The zero-order valence-corrected chi connectivity index (χ0v) is 18.5. The van der Waals surface area contributed by atoms with Gasteiger partial charge in [0, 0.05) is 24.2 Å². The van der Waals surface area contributed by atoms with Gasteiger partial charge in [0.1, 0.15) is 5.75 Å². The molecule has 158 valence electrons. The van der Waals surface area contributed by atoms with Crippen LogP contribution in [0.5, 0.6) is 5.75 Å². The Morgan fingerprint density at radius 3 is 2.55 bits per heavy atom. The third kappa shape index (κ3) is 3.28. The van der Waals surface area contributed by atoms with E-state index in [0.717, 1.165) is 0 Å². The molecule has 1 aromatic rings. The van der Waals surface area contributed by atoms with E-state index in [-0.39, 0.29) is 0 Å². The number of esters is 2. The molecule has 7 nitrogen and oxygen atoms in total. The summed E-state index contributed by atoms with van der Waals surface area (Å²) in [6.45, 7) is 9.54. The fraction of sp³-hybridized carbons (Fsp3) is 0.524. The maximum absolute atomic E-state index is 12.7. The molecular weight excluding hydrogens is 394 g/mol. The Bertz CT molecular complexity index is 1020. The minimum atomic E-state index is -3.49. The molecule has 2 aliphatic rings. The van der Waals surface area contributed by atoms with Gasteiger partial charge < -0.3 is 9.47 Å². The van der Waals surface area contributed by atoms with Crippen molar-refractivity contribution >= 4 is 28.0 Å². The Morgan fingerprint density at radius 1 is 1.34 bits per heavy atom. The molecule has 0 saturated carbocycles. The van der Waals surface area contributed by atoms with E-state index in [2.05, 4.69) is 0 Å². The molecule has 0 bridgehead atoms. The van der Waals surface area contributed by atoms with Gasteiger partial charge in [-0.05, 0) is 57.9 Å². The lowest BCUT2D eigenvalue weighted by Crippen LogP contribution is -2.30. The van der Waals surface area contributed by atoms with E-state index >= 15 is 0 Å². The van der Waals surface area contributed by atoms with Gasteiger partial charge in [0.15, 0.2) is 0 Å². The molecule has 0 unspecified atom stereocenters. The van der Waals surface area contributed by atoms with Crippen LogP contribution in [0.2, 0.25) is 0 Å². The van der Waals surface area contributed by atoms with Gasteiger partial charge in [-0.3, -0.25) is 9.59 Å². The quantitative estimate of drug-likeness (QED) is 0.549. The highest BCUT2D eigenvalue weighted by Gasteiger charge is 2.46. The Kier molecular flexibility index (Phi) is 5.16. The van der Waals surface area contributed by atoms with Gasteiger partial charge >= 0.3 is 11.9 Å². The van der Waals surface area contributed by atoms with E-state index in [1.807, 2.05) is 0 Å². The molecule has 0 N–H and O–H groups in total. The Balaban J connectivity index is 2.23. The summed E-state index contributed by atoms with van der Waals surface area (Å²) < 4.78 is 37.3. The average molecular weight is 422 g/mol. The van der Waals surface area contributed by atoms with Crippen molar-refractivity contribution < 1.29 is 27.5 Å². The molecule has 0 amide bonds. The third-order valence-corrected chi connectivity index (χ3v) is 7.92. The monoisotopic (exact) mass is 421 g/mol.